The number of benzene rings is 1. The summed E-state index contributed by atoms with van der Waals surface area (Å²) in [5, 5.41) is 2.62. The first-order valence-corrected chi connectivity index (χ1v) is 9.63. The lowest BCUT2D eigenvalue weighted by Gasteiger charge is -2.27. The quantitative estimate of drug-likeness (QED) is 0.806. The molecule has 0 aromatic heterocycles. The van der Waals surface area contributed by atoms with E-state index in [1.54, 1.807) is 26.0 Å². The number of rotatable bonds is 6. The summed E-state index contributed by atoms with van der Waals surface area (Å²) in [5.74, 6) is -0.0812. The van der Waals surface area contributed by atoms with Crippen LogP contribution in [-0.4, -0.2) is 44.4 Å². The summed E-state index contributed by atoms with van der Waals surface area (Å²) in [6.45, 7) is 4.72. The van der Waals surface area contributed by atoms with E-state index in [-0.39, 0.29) is 10.8 Å². The van der Waals surface area contributed by atoms with Crippen LogP contribution in [0.4, 0.5) is 5.69 Å². The summed E-state index contributed by atoms with van der Waals surface area (Å²) in [4.78, 5) is 11.8. The first-order valence-electron chi connectivity index (χ1n) is 8.19. The number of sulfonamides is 1. The fraction of sp³-hybridized carbons (Fsp3) is 0.562. The third-order valence-corrected chi connectivity index (χ3v) is 5.78. The summed E-state index contributed by atoms with van der Waals surface area (Å²) in [5.41, 5.74) is 5.92. The van der Waals surface area contributed by atoms with Crippen molar-refractivity contribution in [1.29, 1.82) is 0 Å². The Balaban J connectivity index is 2.38. The molecule has 1 saturated heterocycles. The van der Waals surface area contributed by atoms with Gasteiger partial charge in [-0.3, -0.25) is 4.79 Å². The molecule has 3 N–H and O–H groups in total. The number of nitrogens with one attached hydrogen (secondary N) is 1. The number of hydrogen-bond acceptors (Lipinski definition) is 5. The Labute approximate surface area is 143 Å². The molecule has 0 unspecified atom stereocenters. The highest BCUT2D eigenvalue weighted by molar-refractivity contribution is 7.89. The molecule has 1 aliphatic heterocycles. The van der Waals surface area contributed by atoms with E-state index in [1.165, 1.54) is 10.4 Å². The van der Waals surface area contributed by atoms with Gasteiger partial charge >= 0.3 is 0 Å². The van der Waals surface area contributed by atoms with Crippen LogP contribution in [0, 0.1) is 0 Å². The summed E-state index contributed by atoms with van der Waals surface area (Å²) < 4.78 is 32.9. The van der Waals surface area contributed by atoms with Crippen LogP contribution in [0.2, 0.25) is 0 Å². The van der Waals surface area contributed by atoms with E-state index >= 15 is 0 Å². The van der Waals surface area contributed by atoms with Gasteiger partial charge in [-0.15, -0.1) is 0 Å². The van der Waals surface area contributed by atoms with Gasteiger partial charge in [-0.2, -0.15) is 4.31 Å². The number of nitrogens with two attached hydrogens (primary N) is 1. The van der Waals surface area contributed by atoms with Crippen LogP contribution in [0.5, 0.6) is 5.75 Å². The molecule has 134 valence electrons. The molecule has 0 spiro atoms. The third-order valence-electron chi connectivity index (χ3n) is 3.86. The molecule has 0 radical (unpaired) electrons. The molecule has 1 amide bonds. The Hall–Kier alpha value is -1.64. The van der Waals surface area contributed by atoms with Crippen molar-refractivity contribution in [3.05, 3.63) is 18.2 Å². The fourth-order valence-corrected chi connectivity index (χ4v) is 4.24. The molecule has 1 aromatic carbocycles. The van der Waals surface area contributed by atoms with Crippen molar-refractivity contribution in [1.82, 2.24) is 4.31 Å². The number of nitrogens with zero attached hydrogens (tertiary/aromatic N) is 1. The van der Waals surface area contributed by atoms with Gasteiger partial charge in [0.2, 0.25) is 15.9 Å². The van der Waals surface area contributed by atoms with Crippen LogP contribution >= 0.6 is 0 Å². The fourth-order valence-electron chi connectivity index (χ4n) is 2.56. The molecule has 1 aromatic rings. The number of amides is 1. The molecule has 0 saturated carbocycles. The zero-order chi connectivity index (χ0) is 17.7. The minimum atomic E-state index is -3.67. The predicted molar refractivity (Wildman–Crippen MR) is 92.5 cm³/mol. The number of carbonyl (C=O) groups is 1. The van der Waals surface area contributed by atoms with Crippen molar-refractivity contribution in [3.8, 4) is 5.75 Å². The lowest BCUT2D eigenvalue weighted by atomic mass is 10.2. The largest absolute Gasteiger partial charge is 0.492 e. The molecule has 8 heteroatoms. The molecule has 7 nitrogen and oxygen atoms in total. The minimum absolute atomic E-state index is 0.0775. The highest BCUT2D eigenvalue weighted by atomic mass is 32.2. The van der Waals surface area contributed by atoms with Crippen molar-refractivity contribution in [2.75, 3.05) is 25.0 Å². The summed E-state index contributed by atoms with van der Waals surface area (Å²) in [6.07, 6.45) is 2.74. The first kappa shape index (κ1) is 18.7. The first-order chi connectivity index (χ1) is 11.4. The minimum Gasteiger partial charge on any atom is -0.492 e. The average molecular weight is 355 g/mol. The summed E-state index contributed by atoms with van der Waals surface area (Å²) in [6, 6.07) is 3.94. The zero-order valence-corrected chi connectivity index (χ0v) is 14.9. The van der Waals surface area contributed by atoms with E-state index in [2.05, 4.69) is 5.32 Å². The van der Waals surface area contributed by atoms with Gasteiger partial charge in [0.15, 0.2) is 0 Å². The van der Waals surface area contributed by atoms with Crippen LogP contribution in [0.15, 0.2) is 23.1 Å². The standard InChI is InChI=1S/C16H25N3O4S/c1-3-23-14-8-7-13(18-16(20)12(2)17)11-15(14)24(21,22)19-9-5-4-6-10-19/h7-8,11-12H,3-6,9-10,17H2,1-2H3,(H,18,20)/t12-/m1/s1. The average Bonchev–Trinajstić information content (AvgIpc) is 2.57. The van der Waals surface area contributed by atoms with Gasteiger partial charge in [0, 0.05) is 18.8 Å². The second-order valence-electron chi connectivity index (χ2n) is 5.84. The highest BCUT2D eigenvalue weighted by Gasteiger charge is 2.29. The number of hydrogen-bond donors (Lipinski definition) is 2. The molecule has 1 atom stereocenters. The van der Waals surface area contributed by atoms with Crippen molar-refractivity contribution in [2.45, 2.75) is 44.0 Å². The van der Waals surface area contributed by atoms with Gasteiger partial charge in [-0.05, 0) is 44.9 Å². The molecular formula is C16H25N3O4S. The number of carbonyl (C=O) groups excluding carboxylic acids is 1. The Morgan fingerprint density at radius 1 is 1.33 bits per heavy atom. The van der Waals surface area contributed by atoms with Crippen LogP contribution in [0.25, 0.3) is 0 Å². The Bertz CT molecular complexity index is 683. The molecule has 1 heterocycles. The van der Waals surface area contributed by atoms with Gasteiger partial charge in [0.05, 0.1) is 12.6 Å². The zero-order valence-electron chi connectivity index (χ0n) is 14.1. The second kappa shape index (κ2) is 7.96. The number of ether oxygens (including phenoxy) is 1. The van der Waals surface area contributed by atoms with Crippen LogP contribution < -0.4 is 15.8 Å². The molecule has 24 heavy (non-hydrogen) atoms. The lowest BCUT2D eigenvalue weighted by Crippen LogP contribution is -2.36. The van der Waals surface area contributed by atoms with E-state index in [9.17, 15) is 13.2 Å². The van der Waals surface area contributed by atoms with Gasteiger partial charge in [0.1, 0.15) is 10.6 Å². The lowest BCUT2D eigenvalue weighted by molar-refractivity contribution is -0.117. The summed E-state index contributed by atoms with van der Waals surface area (Å²) in [7, 11) is -3.67. The van der Waals surface area contributed by atoms with Gasteiger partial charge in [-0.25, -0.2) is 8.42 Å². The van der Waals surface area contributed by atoms with Crippen molar-refractivity contribution >= 4 is 21.6 Å². The highest BCUT2D eigenvalue weighted by Crippen LogP contribution is 2.31. The molecule has 1 aliphatic rings. The molecule has 2 rings (SSSR count). The number of anilines is 1. The van der Waals surface area contributed by atoms with E-state index in [0.29, 0.717) is 31.1 Å². The Morgan fingerprint density at radius 2 is 2.00 bits per heavy atom. The normalized spacial score (nSPS) is 17.3. The smallest absolute Gasteiger partial charge is 0.246 e. The van der Waals surface area contributed by atoms with E-state index < -0.39 is 16.1 Å². The molecule has 0 aliphatic carbocycles. The molecular weight excluding hydrogens is 330 g/mol. The topological polar surface area (TPSA) is 102 Å². The monoisotopic (exact) mass is 355 g/mol. The van der Waals surface area contributed by atoms with E-state index in [1.807, 2.05) is 0 Å². The summed E-state index contributed by atoms with van der Waals surface area (Å²) >= 11 is 0. The van der Waals surface area contributed by atoms with Crippen molar-refractivity contribution < 1.29 is 17.9 Å². The third kappa shape index (κ3) is 4.25. The van der Waals surface area contributed by atoms with E-state index in [0.717, 1.165) is 19.3 Å². The Morgan fingerprint density at radius 3 is 2.58 bits per heavy atom. The maximum Gasteiger partial charge on any atom is 0.246 e. The van der Waals surface area contributed by atoms with Gasteiger partial charge in [0.25, 0.3) is 0 Å². The van der Waals surface area contributed by atoms with Crippen LogP contribution in [-0.2, 0) is 14.8 Å². The van der Waals surface area contributed by atoms with Gasteiger partial charge < -0.3 is 15.8 Å². The SMILES string of the molecule is CCOc1ccc(NC(=O)[C@@H](C)N)cc1S(=O)(=O)N1CCCCC1. The van der Waals surface area contributed by atoms with Crippen LogP contribution in [0.1, 0.15) is 33.1 Å². The maximum absolute atomic E-state index is 13.0. The Kier molecular flexibility index (Phi) is 6.20. The van der Waals surface area contributed by atoms with Crippen molar-refractivity contribution in [2.24, 2.45) is 5.73 Å². The van der Waals surface area contributed by atoms with Crippen molar-refractivity contribution in [3.63, 3.8) is 0 Å². The predicted octanol–water partition coefficient (Wildman–Crippen LogP) is 1.55. The van der Waals surface area contributed by atoms with Gasteiger partial charge in [-0.1, -0.05) is 6.42 Å². The molecule has 0 bridgehead atoms. The number of piperidine rings is 1. The maximum atomic E-state index is 13.0. The second-order valence-corrected chi connectivity index (χ2v) is 7.74. The van der Waals surface area contributed by atoms with E-state index in [4.69, 9.17) is 10.5 Å². The van der Waals surface area contributed by atoms with Crippen LogP contribution in [0.3, 0.4) is 0 Å². The molecule has 1 fully saturated rings.